The van der Waals surface area contributed by atoms with Gasteiger partial charge in [0.15, 0.2) is 0 Å². The lowest BCUT2D eigenvalue weighted by Gasteiger charge is -2.38. The number of likely N-dealkylation sites (tertiary alicyclic amines) is 1. The molecule has 0 saturated carbocycles. The summed E-state index contributed by atoms with van der Waals surface area (Å²) < 4.78 is 6.82. The molecule has 38 heavy (non-hydrogen) atoms. The zero-order chi connectivity index (χ0) is 27.0. The van der Waals surface area contributed by atoms with Gasteiger partial charge in [0.2, 0.25) is 5.91 Å². The van der Waals surface area contributed by atoms with Crippen molar-refractivity contribution >= 4 is 29.4 Å². The molecule has 3 aliphatic rings. The van der Waals surface area contributed by atoms with Crippen molar-refractivity contribution in [1.29, 1.82) is 0 Å². The molecule has 0 N–H and O–H groups in total. The summed E-state index contributed by atoms with van der Waals surface area (Å²) in [7, 11) is 1.82. The molecule has 10 heteroatoms. The summed E-state index contributed by atoms with van der Waals surface area (Å²) >= 11 is 0. The zero-order valence-electron chi connectivity index (χ0n) is 22.3. The van der Waals surface area contributed by atoms with Gasteiger partial charge in [0.1, 0.15) is 0 Å². The van der Waals surface area contributed by atoms with Crippen molar-refractivity contribution in [3.8, 4) is 0 Å². The van der Waals surface area contributed by atoms with Crippen LogP contribution in [0.2, 0.25) is 0 Å². The highest BCUT2D eigenvalue weighted by Gasteiger charge is 2.40. The molecule has 5 rings (SSSR count). The first-order valence-electron chi connectivity index (χ1n) is 13.5. The summed E-state index contributed by atoms with van der Waals surface area (Å²) in [6, 6.07) is 5.43. The highest BCUT2D eigenvalue weighted by molar-refractivity contribution is 6.23. The molecule has 3 amide bonds. The predicted octanol–water partition coefficient (Wildman–Crippen LogP) is 2.54. The van der Waals surface area contributed by atoms with Crippen molar-refractivity contribution in [2.24, 2.45) is 18.9 Å². The van der Waals surface area contributed by atoms with Gasteiger partial charge in [-0.15, -0.1) is 0 Å². The van der Waals surface area contributed by atoms with Crippen LogP contribution in [0.3, 0.4) is 0 Å². The van der Waals surface area contributed by atoms with Gasteiger partial charge in [-0.3, -0.25) is 28.8 Å². The first kappa shape index (κ1) is 25.9. The number of amides is 3. The van der Waals surface area contributed by atoms with Gasteiger partial charge in [0.05, 0.1) is 41.6 Å². The molecule has 3 aliphatic heterocycles. The third-order valence-corrected chi connectivity index (χ3v) is 8.03. The Kier molecular flexibility index (Phi) is 7.23. The molecule has 1 aromatic heterocycles. The molecule has 0 radical (unpaired) electrons. The first-order valence-corrected chi connectivity index (χ1v) is 13.5. The van der Waals surface area contributed by atoms with Gasteiger partial charge < -0.3 is 14.5 Å². The molecule has 4 heterocycles. The molecule has 2 aromatic rings. The van der Waals surface area contributed by atoms with Crippen molar-refractivity contribution in [3.05, 3.63) is 46.8 Å². The smallest absolute Gasteiger partial charge is 0.309 e. The van der Waals surface area contributed by atoms with Crippen molar-refractivity contribution < 1.29 is 23.9 Å². The Labute approximate surface area is 222 Å². The van der Waals surface area contributed by atoms with Gasteiger partial charge in [-0.2, -0.15) is 5.10 Å². The highest BCUT2D eigenvalue weighted by atomic mass is 16.5. The van der Waals surface area contributed by atoms with Gasteiger partial charge >= 0.3 is 5.97 Å². The minimum absolute atomic E-state index is 0.0791. The minimum atomic E-state index is -0.286. The van der Waals surface area contributed by atoms with E-state index in [0.29, 0.717) is 69.6 Å². The lowest BCUT2D eigenvalue weighted by molar-refractivity contribution is -0.151. The molecule has 202 valence electrons. The Balaban J connectivity index is 1.22. The number of hydrogen-bond donors (Lipinski definition) is 0. The average Bonchev–Trinajstić information content (AvgIpc) is 3.38. The molecule has 0 spiro atoms. The monoisotopic (exact) mass is 521 g/mol. The quantitative estimate of drug-likeness (QED) is 0.425. The maximum Gasteiger partial charge on any atom is 0.309 e. The van der Waals surface area contributed by atoms with E-state index in [4.69, 9.17) is 4.74 Å². The molecule has 2 fully saturated rings. The van der Waals surface area contributed by atoms with E-state index in [1.807, 2.05) is 37.2 Å². The number of hydrogen-bond acceptors (Lipinski definition) is 7. The van der Waals surface area contributed by atoms with Crippen LogP contribution in [0.1, 0.15) is 64.6 Å². The summed E-state index contributed by atoms with van der Waals surface area (Å²) in [6.45, 7) is 6.67. The number of carbonyl (C=O) groups is 4. The molecule has 0 bridgehead atoms. The van der Waals surface area contributed by atoms with Gasteiger partial charge in [0.25, 0.3) is 11.8 Å². The normalized spacial score (nSPS) is 18.8. The van der Waals surface area contributed by atoms with Crippen molar-refractivity contribution in [2.75, 3.05) is 37.7 Å². The number of rotatable bonds is 6. The van der Waals surface area contributed by atoms with E-state index >= 15 is 0 Å². The topological polar surface area (TPSA) is 105 Å². The molecule has 0 unspecified atom stereocenters. The number of aromatic nitrogens is 2. The van der Waals surface area contributed by atoms with Crippen LogP contribution < -0.4 is 4.90 Å². The molecule has 10 nitrogen and oxygen atoms in total. The number of ether oxygens (including phenoxy) is 1. The number of anilines is 1. The summed E-state index contributed by atoms with van der Waals surface area (Å²) in [5, 5.41) is 4.32. The standard InChI is InChI=1S/C28H35N5O5/c1-4-38-28(37)20-10-14-32(15-11-20)25(34)19-8-12-31(13-9-19)23-7-5-6-22-24(23)27(36)33(26(22)35)17-21-16-30(3)29-18(21)2/h5-7,16,19-20H,4,8-15,17H2,1-3H3. The van der Waals surface area contributed by atoms with Crippen LogP contribution in [0.25, 0.3) is 0 Å². The fourth-order valence-electron chi connectivity index (χ4n) is 5.92. The van der Waals surface area contributed by atoms with E-state index in [0.717, 1.165) is 16.9 Å². The number of benzene rings is 1. The SMILES string of the molecule is CCOC(=O)C1CCN(C(=O)C2CCN(c3cccc4c3C(=O)N(Cc3cn(C)nc3C)C4=O)CC2)CC1. The maximum absolute atomic E-state index is 13.4. The first-order chi connectivity index (χ1) is 18.3. The Morgan fingerprint density at radius 3 is 2.32 bits per heavy atom. The second kappa shape index (κ2) is 10.6. The molecule has 0 aliphatic carbocycles. The van der Waals surface area contributed by atoms with E-state index in [-0.39, 0.29) is 42.1 Å². The molecular weight excluding hydrogens is 486 g/mol. The second-order valence-corrected chi connectivity index (χ2v) is 10.4. The number of carbonyl (C=O) groups excluding carboxylic acids is 4. The lowest BCUT2D eigenvalue weighted by atomic mass is 9.91. The lowest BCUT2D eigenvalue weighted by Crippen LogP contribution is -2.46. The van der Waals surface area contributed by atoms with Crippen LogP contribution in [-0.2, 0) is 27.9 Å². The fraction of sp³-hybridized carbons (Fsp3) is 0.536. The van der Waals surface area contributed by atoms with Crippen LogP contribution in [0.15, 0.2) is 24.4 Å². The van der Waals surface area contributed by atoms with Crippen molar-refractivity contribution in [1.82, 2.24) is 19.6 Å². The van der Waals surface area contributed by atoms with E-state index in [9.17, 15) is 19.2 Å². The van der Waals surface area contributed by atoms with E-state index in [1.54, 1.807) is 17.7 Å². The van der Waals surface area contributed by atoms with Gasteiger partial charge in [-0.05, 0) is 51.7 Å². The Morgan fingerprint density at radius 2 is 1.68 bits per heavy atom. The number of imide groups is 1. The number of nitrogens with zero attached hydrogens (tertiary/aromatic N) is 5. The summed E-state index contributed by atoms with van der Waals surface area (Å²) in [5.74, 6) is -0.787. The van der Waals surface area contributed by atoms with Crippen molar-refractivity contribution in [3.63, 3.8) is 0 Å². The zero-order valence-corrected chi connectivity index (χ0v) is 22.3. The molecule has 2 saturated heterocycles. The summed E-state index contributed by atoms with van der Waals surface area (Å²) in [6.07, 6.45) is 4.48. The van der Waals surface area contributed by atoms with E-state index in [2.05, 4.69) is 10.00 Å². The van der Waals surface area contributed by atoms with Crippen LogP contribution in [0.4, 0.5) is 5.69 Å². The average molecular weight is 522 g/mol. The van der Waals surface area contributed by atoms with Crippen molar-refractivity contribution in [2.45, 2.75) is 46.1 Å². The predicted molar refractivity (Wildman–Crippen MR) is 139 cm³/mol. The fourth-order valence-corrected chi connectivity index (χ4v) is 5.92. The Morgan fingerprint density at radius 1 is 1.00 bits per heavy atom. The largest absolute Gasteiger partial charge is 0.466 e. The third kappa shape index (κ3) is 4.79. The molecule has 1 aromatic carbocycles. The molecular formula is C28H35N5O5. The number of aryl methyl sites for hydroxylation is 2. The van der Waals surface area contributed by atoms with Crippen LogP contribution >= 0.6 is 0 Å². The van der Waals surface area contributed by atoms with Gasteiger partial charge in [0, 0.05) is 50.9 Å². The highest BCUT2D eigenvalue weighted by Crippen LogP contribution is 2.35. The molecule has 0 atom stereocenters. The van der Waals surface area contributed by atoms with E-state index < -0.39 is 0 Å². The number of fused-ring (bicyclic) bond motifs is 1. The Bertz CT molecular complexity index is 1250. The number of esters is 1. The van der Waals surface area contributed by atoms with Gasteiger partial charge in [-0.1, -0.05) is 6.07 Å². The Hall–Kier alpha value is -3.69. The second-order valence-electron chi connectivity index (χ2n) is 10.4. The third-order valence-electron chi connectivity index (χ3n) is 8.03. The summed E-state index contributed by atoms with van der Waals surface area (Å²) in [4.78, 5) is 57.1. The maximum atomic E-state index is 13.4. The van der Waals surface area contributed by atoms with Crippen LogP contribution in [0, 0.1) is 18.8 Å². The number of piperidine rings is 2. The van der Waals surface area contributed by atoms with Crippen LogP contribution in [-0.4, -0.2) is 76.1 Å². The minimum Gasteiger partial charge on any atom is -0.466 e. The van der Waals surface area contributed by atoms with Crippen LogP contribution in [0.5, 0.6) is 0 Å². The van der Waals surface area contributed by atoms with Gasteiger partial charge in [-0.25, -0.2) is 0 Å². The summed E-state index contributed by atoms with van der Waals surface area (Å²) in [5.41, 5.74) is 3.27. The van der Waals surface area contributed by atoms with E-state index in [1.165, 1.54) is 4.90 Å².